The van der Waals surface area contributed by atoms with E-state index in [1.54, 1.807) is 31.4 Å². The zero-order chi connectivity index (χ0) is 25.9. The molecule has 6 rings (SSSR count). The Kier molecular flexibility index (Phi) is 5.23. The van der Waals surface area contributed by atoms with Crippen molar-refractivity contribution in [2.45, 2.75) is 26.7 Å². The van der Waals surface area contributed by atoms with Gasteiger partial charge in [-0.2, -0.15) is 0 Å². The Morgan fingerprint density at radius 2 is 1.11 bits per heavy atom. The van der Waals surface area contributed by atoms with Crippen LogP contribution in [-0.4, -0.2) is 24.7 Å². The Morgan fingerprint density at radius 1 is 0.676 bits per heavy atom. The van der Waals surface area contributed by atoms with Gasteiger partial charge in [0.15, 0.2) is 5.78 Å². The van der Waals surface area contributed by atoms with Crippen LogP contribution in [0.5, 0.6) is 5.75 Å². The zero-order valence-corrected chi connectivity index (χ0v) is 21.2. The summed E-state index contributed by atoms with van der Waals surface area (Å²) in [7, 11) is 1.58. The number of hydrogen-bond donors (Lipinski definition) is 0. The maximum absolute atomic E-state index is 14.7. The van der Waals surface area contributed by atoms with E-state index in [0.717, 1.165) is 22.3 Å². The molecule has 1 saturated heterocycles. The number of ketones is 1. The van der Waals surface area contributed by atoms with Gasteiger partial charge in [-0.15, -0.1) is 0 Å². The Hall–Kier alpha value is -3.99. The molecule has 3 aliphatic rings. The lowest BCUT2D eigenvalue weighted by Gasteiger charge is -2.38. The highest BCUT2D eigenvalue weighted by atomic mass is 16.5. The molecule has 186 valence electrons. The summed E-state index contributed by atoms with van der Waals surface area (Å²) in [5.74, 6) is -1.37. The number of amides is 2. The molecule has 2 aliphatic carbocycles. The number of Topliss-reactive ketones (excluding diaryl/α,β-unsaturated/α-hetero) is 1. The molecule has 0 N–H and O–H groups in total. The van der Waals surface area contributed by atoms with Gasteiger partial charge in [-0.25, -0.2) is 4.90 Å². The van der Waals surface area contributed by atoms with Gasteiger partial charge in [-0.05, 0) is 59.4 Å². The summed E-state index contributed by atoms with van der Waals surface area (Å²) >= 11 is 0. The molecule has 3 aromatic carbocycles. The van der Waals surface area contributed by atoms with Crippen LogP contribution < -0.4 is 9.64 Å². The number of carbonyl (C=O) groups excluding carboxylic acids is 3. The second-order valence-corrected chi connectivity index (χ2v) is 10.1. The minimum Gasteiger partial charge on any atom is -0.497 e. The number of nitrogens with zero attached hydrogens (tertiary/aromatic N) is 1. The van der Waals surface area contributed by atoms with E-state index in [-0.39, 0.29) is 17.6 Å². The molecular weight excluding hydrogens is 462 g/mol. The van der Waals surface area contributed by atoms with Crippen LogP contribution in [0, 0.1) is 22.7 Å². The number of hydrogen-bond acceptors (Lipinski definition) is 4. The SMILES string of the molecule is CC[C@]12C(=O)[C@@](CC)(C(c3ccccc3)=C1c1ccccc1)[C@H]1C(=O)N(c3ccc(OC)cc3)C(=O)[C@H]12. The topological polar surface area (TPSA) is 63.7 Å². The predicted octanol–water partition coefficient (Wildman–Crippen LogP) is 5.80. The number of imide groups is 1. The van der Waals surface area contributed by atoms with E-state index in [1.165, 1.54) is 4.90 Å². The number of benzene rings is 3. The lowest BCUT2D eigenvalue weighted by molar-refractivity contribution is -0.134. The van der Waals surface area contributed by atoms with Crippen LogP contribution in [0.3, 0.4) is 0 Å². The minimum atomic E-state index is -1.07. The smallest absolute Gasteiger partial charge is 0.239 e. The third kappa shape index (κ3) is 2.77. The first kappa shape index (κ1) is 23.4. The average Bonchev–Trinajstić information content (AvgIpc) is 3.45. The molecule has 1 aliphatic heterocycles. The fourth-order valence-electron chi connectivity index (χ4n) is 7.44. The molecule has 1 saturated carbocycles. The van der Waals surface area contributed by atoms with Gasteiger partial charge in [0.25, 0.3) is 0 Å². The van der Waals surface area contributed by atoms with E-state index in [2.05, 4.69) is 0 Å². The number of allylic oxidation sites excluding steroid dienone is 2. The number of fused-ring (bicyclic) bond motifs is 5. The summed E-state index contributed by atoms with van der Waals surface area (Å²) in [5, 5.41) is 0. The molecular formula is C32H29NO4. The van der Waals surface area contributed by atoms with Crippen LogP contribution in [0.25, 0.3) is 11.1 Å². The highest BCUT2D eigenvalue weighted by Gasteiger charge is 2.80. The van der Waals surface area contributed by atoms with E-state index >= 15 is 0 Å². The summed E-state index contributed by atoms with van der Waals surface area (Å²) in [6.07, 6.45) is 0.898. The summed E-state index contributed by atoms with van der Waals surface area (Å²) in [5.41, 5.74) is 2.07. The van der Waals surface area contributed by atoms with Gasteiger partial charge in [-0.1, -0.05) is 74.5 Å². The molecule has 5 heteroatoms. The van der Waals surface area contributed by atoms with Gasteiger partial charge in [0.1, 0.15) is 5.75 Å². The van der Waals surface area contributed by atoms with Crippen molar-refractivity contribution in [2.75, 3.05) is 12.0 Å². The van der Waals surface area contributed by atoms with Gasteiger partial charge in [0.2, 0.25) is 11.8 Å². The quantitative estimate of drug-likeness (QED) is 0.409. The van der Waals surface area contributed by atoms with Crippen LogP contribution in [-0.2, 0) is 14.4 Å². The first-order valence-corrected chi connectivity index (χ1v) is 12.9. The van der Waals surface area contributed by atoms with Crippen LogP contribution >= 0.6 is 0 Å². The molecule has 2 fully saturated rings. The lowest BCUT2D eigenvalue weighted by Crippen LogP contribution is -2.41. The Bertz CT molecular complexity index is 1360. The van der Waals surface area contributed by atoms with Crippen LogP contribution in [0.1, 0.15) is 37.8 Å². The third-order valence-electron chi connectivity index (χ3n) is 8.89. The van der Waals surface area contributed by atoms with E-state index < -0.39 is 22.7 Å². The molecule has 2 amide bonds. The van der Waals surface area contributed by atoms with E-state index in [0.29, 0.717) is 24.3 Å². The molecule has 4 atom stereocenters. The summed E-state index contributed by atoms with van der Waals surface area (Å²) < 4.78 is 5.27. The van der Waals surface area contributed by atoms with Gasteiger partial charge in [0, 0.05) is 0 Å². The normalized spacial score (nSPS) is 28.3. The molecule has 0 unspecified atom stereocenters. The maximum Gasteiger partial charge on any atom is 0.239 e. The standard InChI is InChI=1S/C32H29NO4/c1-4-31-24(20-12-8-6-9-13-20)25(21-14-10-7-11-15-21)32(5-2,30(31)36)27-26(31)28(34)33(29(27)35)22-16-18-23(37-3)19-17-22/h6-19,26-27H,4-5H2,1-3H3/t26-,27+,31-,32-/m0/s1. The first-order chi connectivity index (χ1) is 18.0. The number of carbonyl (C=O) groups is 3. The van der Waals surface area contributed by atoms with Crippen molar-refractivity contribution in [3.8, 4) is 5.75 Å². The minimum absolute atomic E-state index is 0.0220. The Balaban J connectivity index is 1.64. The predicted molar refractivity (Wildman–Crippen MR) is 143 cm³/mol. The van der Waals surface area contributed by atoms with E-state index in [1.807, 2.05) is 74.5 Å². The third-order valence-corrected chi connectivity index (χ3v) is 8.89. The summed E-state index contributed by atoms with van der Waals surface area (Å²) in [6, 6.07) is 26.8. The van der Waals surface area contributed by atoms with Crippen molar-refractivity contribution in [1.29, 1.82) is 0 Å². The highest BCUT2D eigenvalue weighted by Crippen LogP contribution is 2.75. The van der Waals surface area contributed by atoms with Crippen molar-refractivity contribution in [2.24, 2.45) is 22.7 Å². The first-order valence-electron chi connectivity index (χ1n) is 12.9. The molecule has 1 heterocycles. The molecule has 3 aromatic rings. The van der Waals surface area contributed by atoms with Crippen molar-refractivity contribution in [3.63, 3.8) is 0 Å². The molecule has 37 heavy (non-hydrogen) atoms. The summed E-state index contributed by atoms with van der Waals surface area (Å²) in [6.45, 7) is 3.96. The summed E-state index contributed by atoms with van der Waals surface area (Å²) in [4.78, 5) is 44.5. The number of methoxy groups -OCH3 is 1. The van der Waals surface area contributed by atoms with E-state index in [4.69, 9.17) is 4.74 Å². The maximum atomic E-state index is 14.7. The number of rotatable bonds is 6. The lowest BCUT2D eigenvalue weighted by atomic mass is 9.60. The van der Waals surface area contributed by atoms with Gasteiger partial charge >= 0.3 is 0 Å². The highest BCUT2D eigenvalue weighted by molar-refractivity contribution is 6.34. The number of anilines is 1. The second-order valence-electron chi connectivity index (χ2n) is 10.1. The van der Waals surface area contributed by atoms with Crippen molar-refractivity contribution < 1.29 is 19.1 Å². The van der Waals surface area contributed by atoms with Gasteiger partial charge in [0.05, 0.1) is 35.5 Å². The van der Waals surface area contributed by atoms with E-state index in [9.17, 15) is 14.4 Å². The monoisotopic (exact) mass is 491 g/mol. The van der Waals surface area contributed by atoms with Crippen molar-refractivity contribution in [1.82, 2.24) is 0 Å². The molecule has 0 aromatic heterocycles. The van der Waals surface area contributed by atoms with Crippen LogP contribution in [0.15, 0.2) is 84.9 Å². The molecule has 2 bridgehead atoms. The molecule has 0 spiro atoms. The Labute approximate surface area is 216 Å². The Morgan fingerprint density at radius 3 is 1.49 bits per heavy atom. The number of ether oxygens (including phenoxy) is 1. The average molecular weight is 492 g/mol. The molecule has 5 nitrogen and oxygen atoms in total. The van der Waals surface area contributed by atoms with Crippen LogP contribution in [0.2, 0.25) is 0 Å². The van der Waals surface area contributed by atoms with Gasteiger partial charge < -0.3 is 4.74 Å². The van der Waals surface area contributed by atoms with Crippen molar-refractivity contribution in [3.05, 3.63) is 96.1 Å². The molecule has 0 radical (unpaired) electrons. The van der Waals surface area contributed by atoms with Crippen LogP contribution in [0.4, 0.5) is 5.69 Å². The largest absolute Gasteiger partial charge is 0.497 e. The van der Waals surface area contributed by atoms with Gasteiger partial charge in [-0.3, -0.25) is 14.4 Å². The fraction of sp³-hybridized carbons (Fsp3) is 0.281. The van der Waals surface area contributed by atoms with Crippen molar-refractivity contribution >= 4 is 34.4 Å². The second kappa shape index (κ2) is 8.27. The zero-order valence-electron chi connectivity index (χ0n) is 21.2. The fourth-order valence-corrected chi connectivity index (χ4v) is 7.44.